The molecule has 2 aromatic carbocycles. The van der Waals surface area contributed by atoms with E-state index in [4.69, 9.17) is 5.73 Å². The number of piperazine rings is 1. The highest BCUT2D eigenvalue weighted by Crippen LogP contribution is 2.28. The van der Waals surface area contributed by atoms with Gasteiger partial charge in [-0.15, -0.1) is 0 Å². The van der Waals surface area contributed by atoms with Gasteiger partial charge in [0.05, 0.1) is 5.69 Å². The van der Waals surface area contributed by atoms with E-state index in [1.165, 1.54) is 50.4 Å². The molecule has 2 aromatic rings. The van der Waals surface area contributed by atoms with Gasteiger partial charge in [-0.3, -0.25) is 4.90 Å². The number of nitrogens with zero attached hydrogens (tertiary/aromatic N) is 5. The Morgan fingerprint density at radius 2 is 1.56 bits per heavy atom. The van der Waals surface area contributed by atoms with Gasteiger partial charge in [-0.25, -0.2) is 13.8 Å². The maximum atomic E-state index is 13.6. The SMILES string of the molecule is CC1CCC(N(CCCN2CCN(C)CC2)C(N)=Nc2ccc(F)c(F)c2)CC1.c1ccc(CN2CCCC2)cc1. The number of likely N-dealkylation sites (tertiary alicyclic amines) is 1. The molecule has 5 rings (SSSR count). The second kappa shape index (κ2) is 16.2. The van der Waals surface area contributed by atoms with Crippen LogP contribution in [0.5, 0.6) is 0 Å². The Morgan fingerprint density at radius 3 is 2.22 bits per heavy atom. The zero-order chi connectivity index (χ0) is 29.0. The fourth-order valence-electron chi connectivity index (χ4n) is 6.11. The first-order valence-corrected chi connectivity index (χ1v) is 15.6. The van der Waals surface area contributed by atoms with E-state index in [0.29, 0.717) is 17.7 Å². The molecule has 0 radical (unpaired) electrons. The van der Waals surface area contributed by atoms with E-state index in [1.54, 1.807) is 0 Å². The summed E-state index contributed by atoms with van der Waals surface area (Å²) >= 11 is 0. The molecule has 0 amide bonds. The van der Waals surface area contributed by atoms with E-state index in [0.717, 1.165) is 83.1 Å². The molecule has 2 saturated heterocycles. The van der Waals surface area contributed by atoms with Crippen LogP contribution >= 0.6 is 0 Å². The number of likely N-dealkylation sites (N-methyl/N-ethyl adjacent to an activating group) is 1. The Morgan fingerprint density at radius 1 is 0.878 bits per heavy atom. The molecular weight excluding hydrogens is 518 g/mol. The van der Waals surface area contributed by atoms with Gasteiger partial charge in [-0.1, -0.05) is 37.3 Å². The fourth-order valence-corrected chi connectivity index (χ4v) is 6.11. The van der Waals surface area contributed by atoms with Gasteiger partial charge in [0, 0.05) is 51.4 Å². The van der Waals surface area contributed by atoms with E-state index in [2.05, 4.69) is 68.9 Å². The molecule has 1 aliphatic carbocycles. The summed E-state index contributed by atoms with van der Waals surface area (Å²) in [5, 5.41) is 0. The lowest BCUT2D eigenvalue weighted by Gasteiger charge is -2.38. The van der Waals surface area contributed by atoms with Gasteiger partial charge in [0.1, 0.15) is 0 Å². The lowest BCUT2D eigenvalue weighted by molar-refractivity contribution is 0.144. The molecule has 41 heavy (non-hydrogen) atoms. The minimum atomic E-state index is -0.896. The summed E-state index contributed by atoms with van der Waals surface area (Å²) in [5.41, 5.74) is 8.18. The summed E-state index contributed by atoms with van der Waals surface area (Å²) in [5.74, 6) is -0.600. The van der Waals surface area contributed by atoms with Gasteiger partial charge >= 0.3 is 0 Å². The molecule has 0 atom stereocenters. The highest BCUT2D eigenvalue weighted by Gasteiger charge is 2.26. The number of nitrogens with two attached hydrogens (primary N) is 1. The summed E-state index contributed by atoms with van der Waals surface area (Å²) in [7, 11) is 2.17. The van der Waals surface area contributed by atoms with Crippen molar-refractivity contribution in [3.8, 4) is 0 Å². The predicted octanol–water partition coefficient (Wildman–Crippen LogP) is 5.71. The largest absolute Gasteiger partial charge is 0.369 e. The molecule has 0 unspecified atom stereocenters. The molecule has 3 aliphatic rings. The summed E-state index contributed by atoms with van der Waals surface area (Å²) in [6.45, 7) is 12.3. The van der Waals surface area contributed by atoms with Crippen LogP contribution < -0.4 is 5.73 Å². The Balaban J connectivity index is 0.000000267. The van der Waals surface area contributed by atoms with E-state index >= 15 is 0 Å². The van der Waals surface area contributed by atoms with Crippen molar-refractivity contribution in [1.82, 2.24) is 19.6 Å². The topological polar surface area (TPSA) is 51.3 Å². The minimum Gasteiger partial charge on any atom is -0.369 e. The molecule has 226 valence electrons. The second-order valence-electron chi connectivity index (χ2n) is 12.1. The first-order chi connectivity index (χ1) is 19.9. The number of hydrogen-bond acceptors (Lipinski definition) is 4. The third-order valence-corrected chi connectivity index (χ3v) is 8.78. The Labute approximate surface area is 246 Å². The summed E-state index contributed by atoms with van der Waals surface area (Å²) in [6, 6.07) is 14.8. The predicted molar refractivity (Wildman–Crippen MR) is 165 cm³/mol. The first-order valence-electron chi connectivity index (χ1n) is 15.6. The molecule has 2 heterocycles. The number of aliphatic imine (C=N–C) groups is 1. The third-order valence-electron chi connectivity index (χ3n) is 8.78. The van der Waals surface area contributed by atoms with Crippen LogP contribution in [-0.4, -0.2) is 91.0 Å². The number of hydrogen-bond donors (Lipinski definition) is 1. The van der Waals surface area contributed by atoms with Crippen molar-refractivity contribution in [2.45, 2.75) is 64.5 Å². The molecular formula is C33H50F2N6. The van der Waals surface area contributed by atoms with Crippen LogP contribution in [0.2, 0.25) is 0 Å². The van der Waals surface area contributed by atoms with E-state index in [9.17, 15) is 8.78 Å². The summed E-state index contributed by atoms with van der Waals surface area (Å²) in [6.07, 6.45) is 8.37. The van der Waals surface area contributed by atoms with Crippen molar-refractivity contribution in [3.05, 3.63) is 65.7 Å². The van der Waals surface area contributed by atoms with E-state index in [1.807, 2.05) is 0 Å². The standard InChI is InChI=1S/C22H35F2N5.C11H15N/c1-17-4-7-19(8-5-17)29(11-3-10-28-14-12-27(2)13-15-28)22(25)26-18-6-9-20(23)21(24)16-18;1-2-6-11(7-3-1)10-12-8-4-5-9-12/h6,9,16-17,19H,3-5,7-8,10-15H2,1-2H3,(H2,25,26);1-3,6-7H,4-5,8-10H2. The molecule has 2 aliphatic heterocycles. The van der Waals surface area contributed by atoms with Crippen LogP contribution in [0, 0.1) is 17.6 Å². The number of rotatable bonds is 8. The first kappa shape index (κ1) is 31.4. The van der Waals surface area contributed by atoms with Gasteiger partial charge in [-0.2, -0.15) is 0 Å². The second-order valence-corrected chi connectivity index (χ2v) is 12.1. The molecule has 0 spiro atoms. The Hall–Kier alpha value is -2.55. The van der Waals surface area contributed by atoms with Gasteiger partial charge in [0.2, 0.25) is 0 Å². The third kappa shape index (κ3) is 10.3. The average molecular weight is 569 g/mol. The van der Waals surface area contributed by atoms with E-state index < -0.39 is 11.6 Å². The van der Waals surface area contributed by atoms with Crippen LogP contribution in [0.4, 0.5) is 14.5 Å². The number of benzene rings is 2. The average Bonchev–Trinajstić information content (AvgIpc) is 3.49. The zero-order valence-electron chi connectivity index (χ0n) is 25.2. The highest BCUT2D eigenvalue weighted by atomic mass is 19.2. The minimum absolute atomic E-state index is 0.356. The molecule has 8 heteroatoms. The lowest BCUT2D eigenvalue weighted by Crippen LogP contribution is -2.48. The van der Waals surface area contributed by atoms with Crippen LogP contribution in [0.15, 0.2) is 53.5 Å². The molecule has 0 aromatic heterocycles. The Bertz CT molecular complexity index is 1060. The van der Waals surface area contributed by atoms with Gasteiger partial charge < -0.3 is 20.4 Å². The van der Waals surface area contributed by atoms with Crippen molar-refractivity contribution in [1.29, 1.82) is 0 Å². The number of halogens is 2. The number of guanidine groups is 1. The molecule has 1 saturated carbocycles. The van der Waals surface area contributed by atoms with Crippen LogP contribution in [0.3, 0.4) is 0 Å². The van der Waals surface area contributed by atoms with Crippen molar-refractivity contribution in [3.63, 3.8) is 0 Å². The van der Waals surface area contributed by atoms with Gasteiger partial charge in [0.25, 0.3) is 0 Å². The summed E-state index contributed by atoms with van der Waals surface area (Å²) < 4.78 is 26.8. The normalized spacial score (nSPS) is 22.8. The maximum Gasteiger partial charge on any atom is 0.196 e. The lowest BCUT2D eigenvalue weighted by atomic mass is 9.86. The van der Waals surface area contributed by atoms with Crippen LogP contribution in [0.25, 0.3) is 0 Å². The van der Waals surface area contributed by atoms with E-state index in [-0.39, 0.29) is 0 Å². The van der Waals surface area contributed by atoms with Gasteiger partial charge in [0.15, 0.2) is 17.6 Å². The summed E-state index contributed by atoms with van der Waals surface area (Å²) in [4.78, 5) is 14.0. The van der Waals surface area contributed by atoms with Crippen molar-refractivity contribution < 1.29 is 8.78 Å². The molecule has 3 fully saturated rings. The smallest absolute Gasteiger partial charge is 0.196 e. The van der Waals surface area contributed by atoms with Crippen LogP contribution in [0.1, 0.15) is 57.4 Å². The zero-order valence-corrected chi connectivity index (χ0v) is 25.2. The molecule has 0 bridgehead atoms. The fraction of sp³-hybridized carbons (Fsp3) is 0.606. The highest BCUT2D eigenvalue weighted by molar-refractivity contribution is 5.81. The van der Waals surface area contributed by atoms with Crippen molar-refractivity contribution in [2.75, 3.05) is 59.4 Å². The quantitative estimate of drug-likeness (QED) is 0.327. The van der Waals surface area contributed by atoms with Crippen LogP contribution in [-0.2, 0) is 6.54 Å². The molecule has 2 N–H and O–H groups in total. The molecule has 6 nitrogen and oxygen atoms in total. The monoisotopic (exact) mass is 568 g/mol. The van der Waals surface area contributed by atoms with Gasteiger partial charge in [-0.05, 0) is 95.2 Å². The van der Waals surface area contributed by atoms with Crippen molar-refractivity contribution >= 4 is 11.6 Å². The Kier molecular flexibility index (Phi) is 12.4. The van der Waals surface area contributed by atoms with Crippen molar-refractivity contribution in [2.24, 2.45) is 16.6 Å². The maximum absolute atomic E-state index is 13.6.